The van der Waals surface area contributed by atoms with Crippen molar-refractivity contribution in [2.45, 2.75) is 6.54 Å². The highest BCUT2D eigenvalue weighted by molar-refractivity contribution is 6.33. The summed E-state index contributed by atoms with van der Waals surface area (Å²) in [6.07, 6.45) is 3.07. The number of benzene rings is 1. The molecular weight excluding hydrogens is 296 g/mol. The smallest absolute Gasteiger partial charge is 0.337 e. The van der Waals surface area contributed by atoms with Crippen molar-refractivity contribution in [3.63, 3.8) is 0 Å². The number of carboxylic acids is 1. The van der Waals surface area contributed by atoms with Gasteiger partial charge in [-0.1, -0.05) is 11.6 Å². The number of imidazole rings is 1. The van der Waals surface area contributed by atoms with E-state index in [-0.39, 0.29) is 16.3 Å². The Labute approximate surface area is 125 Å². The number of hydrogen-bond donors (Lipinski definition) is 3. The first-order chi connectivity index (χ1) is 10.0. The van der Waals surface area contributed by atoms with Gasteiger partial charge in [0.2, 0.25) is 0 Å². The molecule has 2 rings (SSSR count). The summed E-state index contributed by atoms with van der Waals surface area (Å²) in [5, 5.41) is 11.7. The minimum absolute atomic E-state index is 0.0804. The summed E-state index contributed by atoms with van der Waals surface area (Å²) in [7, 11) is 0. The second-order valence-electron chi connectivity index (χ2n) is 4.24. The van der Waals surface area contributed by atoms with Gasteiger partial charge in [-0.25, -0.2) is 9.78 Å². The molecule has 0 spiro atoms. The van der Waals surface area contributed by atoms with Crippen molar-refractivity contribution in [1.82, 2.24) is 9.55 Å². The number of anilines is 1. The molecule has 1 aromatic carbocycles. The van der Waals surface area contributed by atoms with Crippen molar-refractivity contribution in [2.75, 3.05) is 11.9 Å². The van der Waals surface area contributed by atoms with Gasteiger partial charge in [0.1, 0.15) is 5.69 Å². The molecule has 0 aliphatic carbocycles. The van der Waals surface area contributed by atoms with E-state index in [2.05, 4.69) is 10.3 Å². The van der Waals surface area contributed by atoms with Gasteiger partial charge in [0.05, 0.1) is 16.9 Å². The quantitative estimate of drug-likeness (QED) is 0.774. The maximum atomic E-state index is 12.0. The van der Waals surface area contributed by atoms with Gasteiger partial charge >= 0.3 is 5.97 Å². The van der Waals surface area contributed by atoms with Gasteiger partial charge < -0.3 is 20.7 Å². The fourth-order valence-corrected chi connectivity index (χ4v) is 1.91. The lowest BCUT2D eigenvalue weighted by atomic mass is 10.2. The number of aromatic carboxylic acids is 1. The van der Waals surface area contributed by atoms with Gasteiger partial charge in [0, 0.05) is 25.0 Å². The molecule has 7 nitrogen and oxygen atoms in total. The molecular formula is C13H13ClN4O3. The fourth-order valence-electron chi connectivity index (χ4n) is 1.71. The zero-order valence-corrected chi connectivity index (χ0v) is 11.7. The molecule has 0 fully saturated rings. The molecule has 0 aliphatic rings. The first-order valence-corrected chi connectivity index (χ1v) is 6.45. The van der Waals surface area contributed by atoms with Crippen LogP contribution in [0.1, 0.15) is 20.8 Å². The van der Waals surface area contributed by atoms with E-state index in [9.17, 15) is 9.59 Å². The van der Waals surface area contributed by atoms with Crippen LogP contribution in [0.3, 0.4) is 0 Å². The van der Waals surface area contributed by atoms with E-state index in [1.54, 1.807) is 10.8 Å². The van der Waals surface area contributed by atoms with E-state index in [1.165, 1.54) is 24.5 Å². The molecule has 1 aromatic heterocycles. The summed E-state index contributed by atoms with van der Waals surface area (Å²) in [5.41, 5.74) is 5.88. The normalized spacial score (nSPS) is 10.4. The average molecular weight is 309 g/mol. The van der Waals surface area contributed by atoms with Crippen LogP contribution >= 0.6 is 11.6 Å². The minimum Gasteiger partial charge on any atom is -0.478 e. The van der Waals surface area contributed by atoms with Crippen LogP contribution < -0.4 is 11.1 Å². The third-order valence-electron chi connectivity index (χ3n) is 2.71. The lowest BCUT2D eigenvalue weighted by Gasteiger charge is -2.05. The zero-order chi connectivity index (χ0) is 15.4. The van der Waals surface area contributed by atoms with Crippen LogP contribution in [0.15, 0.2) is 30.7 Å². The fraction of sp³-hybridized carbons (Fsp3) is 0.154. The average Bonchev–Trinajstić information content (AvgIpc) is 2.90. The maximum Gasteiger partial charge on any atom is 0.337 e. The second-order valence-corrected chi connectivity index (χ2v) is 4.65. The van der Waals surface area contributed by atoms with Crippen LogP contribution in [0.2, 0.25) is 5.02 Å². The van der Waals surface area contributed by atoms with Gasteiger partial charge in [0.25, 0.3) is 5.91 Å². The molecule has 1 amide bonds. The molecule has 1 heterocycles. The summed E-state index contributed by atoms with van der Waals surface area (Å²) < 4.78 is 1.69. The van der Waals surface area contributed by atoms with Gasteiger partial charge in [-0.05, 0) is 18.2 Å². The number of carbonyl (C=O) groups excluding carboxylic acids is 1. The van der Waals surface area contributed by atoms with Gasteiger partial charge in [-0.3, -0.25) is 4.79 Å². The van der Waals surface area contributed by atoms with E-state index in [0.29, 0.717) is 18.8 Å². The molecule has 0 saturated heterocycles. The number of nitrogens with one attached hydrogen (secondary N) is 1. The highest BCUT2D eigenvalue weighted by Crippen LogP contribution is 2.21. The molecule has 2 aromatic rings. The lowest BCUT2D eigenvalue weighted by molar-refractivity contribution is 0.0696. The van der Waals surface area contributed by atoms with Crippen LogP contribution in [0.25, 0.3) is 0 Å². The number of aromatic nitrogens is 2. The Hall–Kier alpha value is -2.38. The summed E-state index contributed by atoms with van der Waals surface area (Å²) in [6, 6.07) is 4.22. The predicted molar refractivity (Wildman–Crippen MR) is 77.6 cm³/mol. The molecule has 4 N–H and O–H groups in total. The minimum atomic E-state index is -1.16. The molecule has 21 heavy (non-hydrogen) atoms. The van der Waals surface area contributed by atoms with Crippen LogP contribution in [-0.4, -0.2) is 33.1 Å². The lowest BCUT2D eigenvalue weighted by Crippen LogP contribution is -2.13. The number of nitrogens with zero attached hydrogens (tertiary/aromatic N) is 2. The molecule has 0 bridgehead atoms. The van der Waals surface area contributed by atoms with Crippen molar-refractivity contribution in [3.8, 4) is 0 Å². The zero-order valence-electron chi connectivity index (χ0n) is 10.9. The Bertz CT molecular complexity index is 684. The third-order valence-corrected chi connectivity index (χ3v) is 3.04. The molecule has 0 aliphatic heterocycles. The summed E-state index contributed by atoms with van der Waals surface area (Å²) in [5.74, 6) is -1.60. The molecule has 0 radical (unpaired) electrons. The second kappa shape index (κ2) is 6.38. The number of hydrogen-bond acceptors (Lipinski definition) is 4. The van der Waals surface area contributed by atoms with Crippen molar-refractivity contribution >= 4 is 29.2 Å². The molecule has 0 saturated carbocycles. The topological polar surface area (TPSA) is 110 Å². The molecule has 0 unspecified atom stereocenters. The molecule has 8 heteroatoms. The standard InChI is InChI=1S/C13H13ClN4O3/c14-10-2-1-8(5-9(10)13(20)21)17-12(19)11-6-18(4-3-15)7-16-11/h1-2,5-7H,3-4,15H2,(H,17,19)(H,20,21). The van der Waals surface area contributed by atoms with Crippen molar-refractivity contribution in [2.24, 2.45) is 5.73 Å². The summed E-state index contributed by atoms with van der Waals surface area (Å²) >= 11 is 5.76. The Balaban J connectivity index is 2.15. The van der Waals surface area contributed by atoms with Gasteiger partial charge in [-0.2, -0.15) is 0 Å². The molecule has 110 valence electrons. The van der Waals surface area contributed by atoms with Crippen LogP contribution in [0.5, 0.6) is 0 Å². The van der Waals surface area contributed by atoms with Crippen LogP contribution in [0.4, 0.5) is 5.69 Å². The van der Waals surface area contributed by atoms with Crippen molar-refractivity contribution in [1.29, 1.82) is 0 Å². The summed E-state index contributed by atoms with van der Waals surface area (Å²) in [6.45, 7) is 1.00. The third kappa shape index (κ3) is 3.59. The summed E-state index contributed by atoms with van der Waals surface area (Å²) in [4.78, 5) is 26.9. The first kappa shape index (κ1) is 15.0. The number of nitrogens with two attached hydrogens (primary N) is 1. The maximum absolute atomic E-state index is 12.0. The number of halogens is 1. The van der Waals surface area contributed by atoms with E-state index >= 15 is 0 Å². The van der Waals surface area contributed by atoms with Crippen LogP contribution in [-0.2, 0) is 6.54 Å². The largest absolute Gasteiger partial charge is 0.478 e. The number of amides is 1. The predicted octanol–water partition coefficient (Wildman–Crippen LogP) is 1.45. The van der Waals surface area contributed by atoms with E-state index in [0.717, 1.165) is 0 Å². The number of rotatable bonds is 5. The Morgan fingerprint density at radius 3 is 2.86 bits per heavy atom. The highest BCUT2D eigenvalue weighted by Gasteiger charge is 2.13. The first-order valence-electron chi connectivity index (χ1n) is 6.07. The Kier molecular flexibility index (Phi) is 4.56. The number of carbonyl (C=O) groups is 2. The van der Waals surface area contributed by atoms with Gasteiger partial charge in [0.15, 0.2) is 0 Å². The van der Waals surface area contributed by atoms with Crippen LogP contribution in [0, 0.1) is 0 Å². The Morgan fingerprint density at radius 2 is 2.19 bits per heavy atom. The monoisotopic (exact) mass is 308 g/mol. The van der Waals surface area contributed by atoms with E-state index in [1.807, 2.05) is 0 Å². The van der Waals surface area contributed by atoms with E-state index < -0.39 is 11.9 Å². The van der Waals surface area contributed by atoms with Crippen molar-refractivity contribution in [3.05, 3.63) is 47.0 Å². The SMILES string of the molecule is NCCn1cnc(C(=O)Nc2ccc(Cl)c(C(=O)O)c2)c1. The Morgan fingerprint density at radius 1 is 1.43 bits per heavy atom. The number of carboxylic acid groups (broad SMARTS) is 1. The van der Waals surface area contributed by atoms with E-state index in [4.69, 9.17) is 22.4 Å². The highest BCUT2D eigenvalue weighted by atomic mass is 35.5. The molecule has 0 atom stereocenters. The van der Waals surface area contributed by atoms with Crippen molar-refractivity contribution < 1.29 is 14.7 Å². The van der Waals surface area contributed by atoms with Gasteiger partial charge in [-0.15, -0.1) is 0 Å².